The number of benzene rings is 4. The molecule has 5 fully saturated rings. The van der Waals surface area contributed by atoms with E-state index < -0.39 is 0 Å². The smallest absolute Gasteiger partial charge is 0.159 e. The van der Waals surface area contributed by atoms with E-state index in [2.05, 4.69) is 162 Å². The Hall–Kier alpha value is -7.18. The number of rotatable bonds is 14. The number of fused-ring (bicyclic) bond motifs is 5. The predicted molar refractivity (Wildman–Crippen MR) is 469 cm³/mol. The molecule has 24 nitrogen and oxygen atoms in total. The Morgan fingerprint density at radius 1 is 0.410 bits per heavy atom. The maximum Gasteiger partial charge on any atom is 0.159 e. The van der Waals surface area contributed by atoms with Crippen molar-refractivity contribution in [3.05, 3.63) is 169 Å². The molecule has 1 aliphatic heterocycles. The maximum atomic E-state index is 6.06. The van der Waals surface area contributed by atoms with Crippen molar-refractivity contribution in [1.29, 1.82) is 0 Å². The van der Waals surface area contributed by atoms with Gasteiger partial charge in [0.25, 0.3) is 0 Å². The third-order valence-corrected chi connectivity index (χ3v) is 19.0. The lowest BCUT2D eigenvalue weighted by atomic mass is 10.1. The van der Waals surface area contributed by atoms with Crippen molar-refractivity contribution in [1.82, 2.24) is 58.4 Å². The van der Waals surface area contributed by atoms with Crippen LogP contribution >= 0.6 is 108 Å². The number of aromatic nitrogens is 12. The Morgan fingerprint density at radius 2 is 0.848 bits per heavy atom. The highest BCUT2D eigenvalue weighted by Crippen LogP contribution is 2.33. The Kier molecular flexibility index (Phi) is 33.2. The van der Waals surface area contributed by atoms with E-state index in [1.165, 1.54) is 16.3 Å². The van der Waals surface area contributed by atoms with Crippen molar-refractivity contribution >= 4 is 182 Å². The van der Waals surface area contributed by atoms with Crippen molar-refractivity contribution in [2.45, 2.75) is 139 Å². The van der Waals surface area contributed by atoms with E-state index in [4.69, 9.17) is 47.4 Å². The summed E-state index contributed by atoms with van der Waals surface area (Å²) in [6.45, 7) is 7.43. The summed E-state index contributed by atoms with van der Waals surface area (Å²) < 4.78 is 18.3. The Balaban J connectivity index is 0.000000215. The minimum Gasteiger partial charge on any atom is -0.497 e. The van der Waals surface area contributed by atoms with E-state index in [1.54, 1.807) is 31.9 Å². The minimum absolute atomic E-state index is 0. The van der Waals surface area contributed by atoms with Crippen LogP contribution < -0.4 is 59.2 Å². The molecule has 105 heavy (non-hydrogen) atoms. The van der Waals surface area contributed by atoms with E-state index in [0.717, 1.165) is 200 Å². The Labute approximate surface area is 669 Å². The largest absolute Gasteiger partial charge is 0.497 e. The normalized spacial score (nSPS) is 19.8. The van der Waals surface area contributed by atoms with Crippen LogP contribution in [-0.4, -0.2) is 140 Å². The van der Waals surface area contributed by atoms with Crippen LogP contribution in [-0.2, 0) is 4.74 Å². The molecule has 566 valence electrons. The average molecular weight is 1580 g/mol. The van der Waals surface area contributed by atoms with E-state index >= 15 is 0 Å². The first-order valence-corrected chi connectivity index (χ1v) is 34.1. The zero-order chi connectivity index (χ0) is 66.4. The van der Waals surface area contributed by atoms with Gasteiger partial charge in [-0.2, -0.15) is 146 Å². The number of anilines is 7. The molecule has 9 heterocycles. The van der Waals surface area contributed by atoms with Gasteiger partial charge in [-0.3, -0.25) is 0 Å². The van der Waals surface area contributed by atoms with Crippen LogP contribution in [0.5, 0.6) is 5.75 Å². The van der Waals surface area contributed by atoms with E-state index in [-0.39, 0.29) is 120 Å². The fourth-order valence-corrected chi connectivity index (χ4v) is 14.0. The molecule has 0 unspecified atom stereocenters. The van der Waals surface area contributed by atoms with Gasteiger partial charge in [0.1, 0.15) is 40.7 Å². The van der Waals surface area contributed by atoms with Crippen LogP contribution in [0.2, 0.25) is 0 Å². The van der Waals surface area contributed by atoms with Gasteiger partial charge in [-0.05, 0) is 144 Å². The third kappa shape index (κ3) is 21.6. The first-order chi connectivity index (χ1) is 47.3. The molecule has 13 N–H and O–H groups in total. The molecule has 5 aliphatic rings. The van der Waals surface area contributed by atoms with Crippen LogP contribution in [0.3, 0.4) is 0 Å². The highest BCUT2D eigenvalue weighted by Gasteiger charge is 2.27. The number of ether oxygens (including phenoxy) is 2. The van der Waals surface area contributed by atoms with Gasteiger partial charge in [0.05, 0.1) is 56.5 Å². The lowest BCUT2D eigenvalue weighted by Crippen LogP contribution is -2.37. The summed E-state index contributed by atoms with van der Waals surface area (Å²) in [6.07, 6.45) is 19.8. The second-order valence-electron chi connectivity index (χ2n) is 26.5. The number of hydrogen-bond acceptors (Lipinski definition) is 20. The minimum atomic E-state index is 0. The number of morpholine rings is 1. The molecule has 4 saturated carbocycles. The molecule has 0 bridgehead atoms. The molecule has 17 rings (SSSR count). The summed E-state index contributed by atoms with van der Waals surface area (Å²) in [6, 6.07) is 47.9. The fraction of sp³-hybridized carbons (Fsp3) is 0.370. The van der Waals surface area contributed by atoms with Crippen molar-refractivity contribution in [2.24, 2.45) is 22.9 Å². The highest BCUT2D eigenvalue weighted by atomic mass is 32.1. The molecule has 0 spiro atoms. The number of nitrogens with two attached hydrogens (primary N) is 4. The summed E-state index contributed by atoms with van der Waals surface area (Å²) >= 11 is 0. The summed E-state index contributed by atoms with van der Waals surface area (Å²) in [5, 5.41) is 37.8. The first-order valence-electron chi connectivity index (χ1n) is 34.1. The zero-order valence-corrected chi connectivity index (χ0v) is 67.4. The molecule has 4 aliphatic carbocycles. The number of aryl methyl sites for hydroxylation is 2. The van der Waals surface area contributed by atoms with Gasteiger partial charge in [-0.1, -0.05) is 54.1 Å². The number of methoxy groups -OCH3 is 1. The molecule has 0 amide bonds. The molecular weight excluding hydrogens is 1470 g/mol. The topological polar surface area (TPSA) is 307 Å². The molecule has 8 aromatic heterocycles. The van der Waals surface area contributed by atoms with Crippen molar-refractivity contribution < 1.29 is 9.47 Å². The lowest BCUT2D eigenvalue weighted by Gasteiger charge is -2.28. The average Bonchev–Trinajstić information content (AvgIpc) is 1.76. The lowest BCUT2D eigenvalue weighted by molar-refractivity contribution is 0.122. The SMILES string of the molecule is COc1cc(C)cc(-c2cc(N[C@H]3CC[C@H](N)C3)n3nccc3n2)c1.Cc1cccc(-c2cc(N[C@H]3CC[C@H](N)C3)n3nccc3n2)c1.N[C@H]1CC[C@H](Nc2cc(N3CCOCC3)nc3ccnn23)C1.N[C@H]1CC[C@H](Nc2cc(Nc3ccc4ccccc4c3)nc3ccnn23)C1.S.S.S.S.S.S.S.S. The second-order valence-corrected chi connectivity index (χ2v) is 26.5. The van der Waals surface area contributed by atoms with Gasteiger partial charge < -0.3 is 63.9 Å². The van der Waals surface area contributed by atoms with Gasteiger partial charge in [0, 0.05) is 127 Å². The summed E-state index contributed by atoms with van der Waals surface area (Å²) in [4.78, 5) is 21.2. The van der Waals surface area contributed by atoms with Crippen molar-refractivity contribution in [3.63, 3.8) is 0 Å². The number of nitrogens with one attached hydrogen (secondary N) is 5. The summed E-state index contributed by atoms with van der Waals surface area (Å²) in [5.41, 5.74) is 34.9. The molecule has 4 aromatic carbocycles. The summed E-state index contributed by atoms with van der Waals surface area (Å²) in [5.74, 6) is 6.48. The van der Waals surface area contributed by atoms with Crippen LogP contribution in [0, 0.1) is 13.8 Å². The zero-order valence-electron chi connectivity index (χ0n) is 59.4. The molecule has 12 aromatic rings. The van der Waals surface area contributed by atoms with Crippen LogP contribution in [0.1, 0.15) is 88.2 Å². The van der Waals surface area contributed by atoms with Crippen LogP contribution in [0.15, 0.2) is 158 Å². The van der Waals surface area contributed by atoms with Gasteiger partial charge in [-0.25, -0.2) is 19.9 Å². The molecule has 1 saturated heterocycles. The van der Waals surface area contributed by atoms with Gasteiger partial charge in [0.15, 0.2) is 22.6 Å². The first kappa shape index (κ1) is 86.7. The highest BCUT2D eigenvalue weighted by molar-refractivity contribution is 7.60. The van der Waals surface area contributed by atoms with Crippen LogP contribution in [0.4, 0.5) is 40.6 Å². The maximum absolute atomic E-state index is 6.06. The van der Waals surface area contributed by atoms with Crippen LogP contribution in [0.25, 0.3) is 55.9 Å². The standard InChI is InChI=1S/C21H22N6.C19H23N5O.C18H21N5.C15H22N6O.8H2S/c22-16-6-8-18(12-16)25-21-13-19(26-20-9-10-23-27(20)21)24-17-7-5-14-3-1-2-4-15(14)11-17;1-12-7-13(9-16(8-12)25-2)17-11-19(22-15-4-3-14(20)10-15)24-18(23-17)5-6-21-24;1-12-3-2-4-13(9-12)16-11-18(21-15-6-5-14(19)10-15)23-17(22-16)7-8-20-23;16-11-1-2-12(9-11)18-15-10-14(20-5-7-22-8-6-20)19-13-3-4-17-21(13)15;;;;;;;;/h1-5,7,9-11,13,16,18,25H,6,8,12,22H2,(H,24,26);5-9,11,14-15,22H,3-4,10,20H2,1-2H3;2-4,7-9,11,14-15,21H,5-6,10,19H2,1H3;3-4,10-12,18H,1-2,5-9,16H2;8*1H2/t16-,18-;2*14-,15-;11-,12-;;;;;;;;/m0000......../s1. The van der Waals surface area contributed by atoms with Crippen molar-refractivity contribution in [3.8, 4) is 28.3 Å². The van der Waals surface area contributed by atoms with E-state index in [1.807, 2.05) is 60.5 Å². The Morgan fingerprint density at radius 3 is 1.31 bits per heavy atom. The van der Waals surface area contributed by atoms with Gasteiger partial charge >= 0.3 is 0 Å². The quantitative estimate of drug-likeness (QED) is 0.0489. The molecule has 0 radical (unpaired) electrons. The van der Waals surface area contributed by atoms with E-state index in [9.17, 15) is 0 Å². The van der Waals surface area contributed by atoms with Crippen molar-refractivity contribution in [2.75, 3.05) is 64.9 Å². The number of nitrogens with zero attached hydrogens (tertiary/aromatic N) is 13. The molecule has 32 heteroatoms. The number of hydrogen-bond donors (Lipinski definition) is 9. The molecule has 8 atom stereocenters. The fourth-order valence-electron chi connectivity index (χ4n) is 14.0. The second kappa shape index (κ2) is 40.1. The monoisotopic (exact) mass is 1580 g/mol. The van der Waals surface area contributed by atoms with Gasteiger partial charge in [0.2, 0.25) is 0 Å². The molecular formula is C73H104N22O2S8. The Bertz CT molecular complexity index is 4690. The van der Waals surface area contributed by atoms with E-state index in [0.29, 0.717) is 36.3 Å². The third-order valence-electron chi connectivity index (χ3n) is 19.0. The van der Waals surface area contributed by atoms with Gasteiger partial charge in [-0.15, -0.1) is 0 Å². The summed E-state index contributed by atoms with van der Waals surface area (Å²) in [7, 11) is 1.68. The predicted octanol–water partition coefficient (Wildman–Crippen LogP) is 11.7.